The van der Waals surface area contributed by atoms with E-state index >= 15 is 0 Å². The minimum Gasteiger partial charge on any atom is -0.122 e. The minimum atomic E-state index is 0.544. The molecule has 0 unspecified atom stereocenters. The smallest absolute Gasteiger partial charge is 0.0480 e. The molecule has 0 aliphatic rings. The van der Waals surface area contributed by atoms with Crippen LogP contribution in [0.2, 0.25) is 0 Å². The highest BCUT2D eigenvalue weighted by molar-refractivity contribution is 6.17. The number of rotatable bonds is 2. The van der Waals surface area contributed by atoms with Gasteiger partial charge in [0.25, 0.3) is 0 Å². The Morgan fingerprint density at radius 2 is 1.53 bits per heavy atom. The summed E-state index contributed by atoms with van der Waals surface area (Å²) in [5.41, 5.74) is 5.01. The summed E-state index contributed by atoms with van der Waals surface area (Å²) >= 11 is 6.05. The molecule has 0 fully saturated rings. The Hall–Kier alpha value is -1.79. The number of hydrogen-bond donors (Lipinski definition) is 0. The summed E-state index contributed by atoms with van der Waals surface area (Å²) in [5, 5.41) is 2.59. The first-order chi connectivity index (χ1) is 9.31. The van der Waals surface area contributed by atoms with E-state index in [1.807, 2.05) is 6.07 Å². The molecule has 0 N–H and O–H groups in total. The number of halogens is 1. The van der Waals surface area contributed by atoms with Crippen LogP contribution in [-0.4, -0.2) is 0 Å². The van der Waals surface area contributed by atoms with E-state index in [0.29, 0.717) is 5.88 Å². The highest BCUT2D eigenvalue weighted by atomic mass is 35.5. The SMILES string of the molecule is Cc1c(-c2ccccc2CCl)ccc2ccccc12. The summed E-state index contributed by atoms with van der Waals surface area (Å²) in [6.45, 7) is 2.18. The molecule has 0 aromatic heterocycles. The molecule has 0 spiro atoms. The number of fused-ring (bicyclic) bond motifs is 1. The van der Waals surface area contributed by atoms with Crippen LogP contribution in [0.25, 0.3) is 21.9 Å². The number of hydrogen-bond acceptors (Lipinski definition) is 0. The van der Waals surface area contributed by atoms with Crippen molar-refractivity contribution >= 4 is 22.4 Å². The lowest BCUT2D eigenvalue weighted by atomic mass is 9.93. The van der Waals surface area contributed by atoms with Gasteiger partial charge in [0.15, 0.2) is 0 Å². The van der Waals surface area contributed by atoms with Gasteiger partial charge in [0.2, 0.25) is 0 Å². The standard InChI is InChI=1S/C18H15Cl/c1-13-16-8-4-2-6-14(16)10-11-17(13)18-9-5-3-7-15(18)12-19/h2-11H,12H2,1H3. The summed E-state index contributed by atoms with van der Waals surface area (Å²) < 4.78 is 0. The zero-order chi connectivity index (χ0) is 13.2. The number of benzene rings is 3. The predicted octanol–water partition coefficient (Wildman–Crippen LogP) is 5.55. The maximum atomic E-state index is 6.05. The van der Waals surface area contributed by atoms with Gasteiger partial charge < -0.3 is 0 Å². The van der Waals surface area contributed by atoms with Crippen LogP contribution in [0.3, 0.4) is 0 Å². The van der Waals surface area contributed by atoms with Crippen molar-refractivity contribution < 1.29 is 0 Å². The van der Waals surface area contributed by atoms with Crippen LogP contribution in [0.4, 0.5) is 0 Å². The van der Waals surface area contributed by atoms with Crippen LogP contribution in [0.15, 0.2) is 60.7 Å². The maximum absolute atomic E-state index is 6.05. The summed E-state index contributed by atoms with van der Waals surface area (Å²) in [5.74, 6) is 0.544. The third-order valence-electron chi connectivity index (χ3n) is 3.65. The van der Waals surface area contributed by atoms with E-state index in [0.717, 1.165) is 0 Å². The predicted molar refractivity (Wildman–Crippen MR) is 83.7 cm³/mol. The maximum Gasteiger partial charge on any atom is 0.0480 e. The molecule has 19 heavy (non-hydrogen) atoms. The summed E-state index contributed by atoms with van der Waals surface area (Å²) in [7, 11) is 0. The molecule has 0 amide bonds. The minimum absolute atomic E-state index is 0.544. The average Bonchev–Trinajstić information content (AvgIpc) is 2.48. The molecule has 0 radical (unpaired) electrons. The van der Waals surface area contributed by atoms with Gasteiger partial charge in [0, 0.05) is 5.88 Å². The van der Waals surface area contributed by atoms with Crippen LogP contribution in [0.5, 0.6) is 0 Å². The molecule has 0 aliphatic carbocycles. The van der Waals surface area contributed by atoms with E-state index in [1.54, 1.807) is 0 Å². The third kappa shape index (κ3) is 2.13. The lowest BCUT2D eigenvalue weighted by Crippen LogP contribution is -1.90. The van der Waals surface area contributed by atoms with Gasteiger partial charge >= 0.3 is 0 Å². The van der Waals surface area contributed by atoms with Gasteiger partial charge in [-0.15, -0.1) is 11.6 Å². The molecular weight excluding hydrogens is 252 g/mol. The van der Waals surface area contributed by atoms with Crippen LogP contribution in [-0.2, 0) is 5.88 Å². The molecule has 3 aromatic rings. The first kappa shape index (κ1) is 12.3. The Morgan fingerprint density at radius 1 is 0.789 bits per heavy atom. The monoisotopic (exact) mass is 266 g/mol. The van der Waals surface area contributed by atoms with Crippen LogP contribution in [0, 0.1) is 6.92 Å². The molecule has 3 aromatic carbocycles. The first-order valence-corrected chi connectivity index (χ1v) is 6.97. The van der Waals surface area contributed by atoms with Gasteiger partial charge in [-0.25, -0.2) is 0 Å². The topological polar surface area (TPSA) is 0 Å². The van der Waals surface area contributed by atoms with Crippen molar-refractivity contribution in [3.05, 3.63) is 71.8 Å². The van der Waals surface area contributed by atoms with Gasteiger partial charge in [0.1, 0.15) is 0 Å². The molecule has 94 valence electrons. The van der Waals surface area contributed by atoms with Gasteiger partial charge in [-0.05, 0) is 39.9 Å². The lowest BCUT2D eigenvalue weighted by molar-refractivity contribution is 1.38. The normalized spacial score (nSPS) is 10.8. The van der Waals surface area contributed by atoms with Crippen molar-refractivity contribution in [2.24, 2.45) is 0 Å². The van der Waals surface area contributed by atoms with E-state index in [4.69, 9.17) is 11.6 Å². The van der Waals surface area contributed by atoms with Crippen LogP contribution < -0.4 is 0 Å². The third-order valence-corrected chi connectivity index (χ3v) is 3.94. The highest BCUT2D eigenvalue weighted by Crippen LogP contribution is 2.32. The van der Waals surface area contributed by atoms with Crippen molar-refractivity contribution in [1.29, 1.82) is 0 Å². The van der Waals surface area contributed by atoms with Gasteiger partial charge in [-0.3, -0.25) is 0 Å². The van der Waals surface area contributed by atoms with Crippen molar-refractivity contribution in [3.8, 4) is 11.1 Å². The first-order valence-electron chi connectivity index (χ1n) is 6.44. The Bertz CT molecular complexity index is 729. The van der Waals surface area contributed by atoms with E-state index < -0.39 is 0 Å². The second-order valence-corrected chi connectivity index (χ2v) is 5.02. The molecule has 0 heterocycles. The Labute approximate surface area is 118 Å². The second-order valence-electron chi connectivity index (χ2n) is 4.75. The van der Waals surface area contributed by atoms with E-state index in [-0.39, 0.29) is 0 Å². The fourth-order valence-electron chi connectivity index (χ4n) is 2.62. The van der Waals surface area contributed by atoms with Crippen LogP contribution >= 0.6 is 11.6 Å². The highest BCUT2D eigenvalue weighted by Gasteiger charge is 2.08. The Morgan fingerprint density at radius 3 is 2.37 bits per heavy atom. The fraction of sp³-hybridized carbons (Fsp3) is 0.111. The molecule has 3 rings (SSSR count). The molecule has 0 aliphatic heterocycles. The molecule has 0 saturated heterocycles. The van der Waals surface area contributed by atoms with Crippen molar-refractivity contribution in [3.63, 3.8) is 0 Å². The second kappa shape index (κ2) is 5.07. The van der Waals surface area contributed by atoms with E-state index in [2.05, 4.69) is 61.5 Å². The summed E-state index contributed by atoms with van der Waals surface area (Å²) in [4.78, 5) is 0. The van der Waals surface area contributed by atoms with Crippen molar-refractivity contribution in [1.82, 2.24) is 0 Å². The quantitative estimate of drug-likeness (QED) is 0.533. The van der Waals surface area contributed by atoms with E-state index in [1.165, 1.54) is 33.0 Å². The Kier molecular flexibility index (Phi) is 3.27. The van der Waals surface area contributed by atoms with Gasteiger partial charge in [-0.1, -0.05) is 60.7 Å². The zero-order valence-corrected chi connectivity index (χ0v) is 11.6. The average molecular weight is 267 g/mol. The van der Waals surface area contributed by atoms with Gasteiger partial charge in [0.05, 0.1) is 0 Å². The lowest BCUT2D eigenvalue weighted by Gasteiger charge is -2.12. The van der Waals surface area contributed by atoms with E-state index in [9.17, 15) is 0 Å². The molecular formula is C18H15Cl. The van der Waals surface area contributed by atoms with Crippen molar-refractivity contribution in [2.45, 2.75) is 12.8 Å². The molecule has 1 heteroatoms. The van der Waals surface area contributed by atoms with Crippen LogP contribution in [0.1, 0.15) is 11.1 Å². The number of aryl methyl sites for hydroxylation is 1. The van der Waals surface area contributed by atoms with Gasteiger partial charge in [-0.2, -0.15) is 0 Å². The molecule has 0 nitrogen and oxygen atoms in total. The molecule has 0 saturated carbocycles. The summed E-state index contributed by atoms with van der Waals surface area (Å²) in [6.07, 6.45) is 0. The largest absolute Gasteiger partial charge is 0.122 e. The summed E-state index contributed by atoms with van der Waals surface area (Å²) in [6, 6.07) is 21.2. The fourth-order valence-corrected chi connectivity index (χ4v) is 2.85. The Balaban J connectivity index is 2.28. The van der Waals surface area contributed by atoms with Crippen molar-refractivity contribution in [2.75, 3.05) is 0 Å². The zero-order valence-electron chi connectivity index (χ0n) is 10.9. The number of alkyl halides is 1. The molecule has 0 bridgehead atoms. The molecule has 0 atom stereocenters.